The molecule has 4 aromatic rings. The molecule has 0 spiro atoms. The lowest BCUT2D eigenvalue weighted by Gasteiger charge is -2.20. The molecular formula is C25H23N5O2. The fraction of sp³-hybridized carbons (Fsp3) is 0.160. The molecule has 1 unspecified atom stereocenters. The van der Waals surface area contributed by atoms with Crippen molar-refractivity contribution in [3.63, 3.8) is 0 Å². The number of aromatic amines is 1. The number of hydrogen-bond acceptors (Lipinski definition) is 5. The Hall–Kier alpha value is -3.97. The molecule has 3 N–H and O–H groups in total. The SMILES string of the molecule is CC1CN=C(NOCc2ccccc2)c2[nH]c3ccc(C(=O)Nc4cccnc4)cc3c21. The van der Waals surface area contributed by atoms with Crippen molar-refractivity contribution >= 4 is 28.3 Å². The van der Waals surface area contributed by atoms with Crippen LogP contribution in [0.15, 0.2) is 78.0 Å². The van der Waals surface area contributed by atoms with E-state index in [1.807, 2.05) is 54.6 Å². The maximum Gasteiger partial charge on any atom is 0.255 e. The lowest BCUT2D eigenvalue weighted by molar-refractivity contribution is 0.0710. The Morgan fingerprint density at radius 2 is 2.03 bits per heavy atom. The van der Waals surface area contributed by atoms with Gasteiger partial charge in [0.1, 0.15) is 0 Å². The molecule has 0 bridgehead atoms. The Labute approximate surface area is 185 Å². The summed E-state index contributed by atoms with van der Waals surface area (Å²) in [6.45, 7) is 3.21. The number of amides is 1. The van der Waals surface area contributed by atoms with E-state index in [0.29, 0.717) is 30.2 Å². The van der Waals surface area contributed by atoms with Crippen LogP contribution in [0.3, 0.4) is 0 Å². The standard InChI is InChI=1S/C25H23N5O2/c1-16-13-27-24(30-32-15-17-6-3-2-4-7-17)23-22(16)20-12-18(9-10-21(20)29-23)25(31)28-19-8-5-11-26-14-19/h2-12,14,16,29H,13,15H2,1H3,(H,27,30)(H,28,31). The molecular weight excluding hydrogens is 402 g/mol. The number of aromatic nitrogens is 2. The molecule has 160 valence electrons. The van der Waals surface area contributed by atoms with Gasteiger partial charge >= 0.3 is 0 Å². The normalized spacial score (nSPS) is 15.2. The van der Waals surface area contributed by atoms with E-state index in [1.165, 1.54) is 0 Å². The highest BCUT2D eigenvalue weighted by Crippen LogP contribution is 2.33. The van der Waals surface area contributed by atoms with Gasteiger partial charge in [-0.25, -0.2) is 5.48 Å². The molecule has 0 radical (unpaired) electrons. The molecule has 0 fully saturated rings. The summed E-state index contributed by atoms with van der Waals surface area (Å²) < 4.78 is 0. The number of H-pyrrole nitrogens is 1. The number of nitrogens with one attached hydrogen (secondary N) is 3. The topological polar surface area (TPSA) is 91.4 Å². The quantitative estimate of drug-likeness (QED) is 0.413. The largest absolute Gasteiger partial charge is 0.352 e. The fourth-order valence-electron chi connectivity index (χ4n) is 3.94. The molecule has 0 saturated heterocycles. The Morgan fingerprint density at radius 1 is 1.16 bits per heavy atom. The van der Waals surface area contributed by atoms with Crippen LogP contribution in [0.4, 0.5) is 5.69 Å². The highest BCUT2D eigenvalue weighted by Gasteiger charge is 2.25. The van der Waals surface area contributed by atoms with Gasteiger partial charge in [0.2, 0.25) is 0 Å². The van der Waals surface area contributed by atoms with Gasteiger partial charge in [-0.1, -0.05) is 37.3 Å². The lowest BCUT2D eigenvalue weighted by atomic mass is 9.94. The summed E-state index contributed by atoms with van der Waals surface area (Å²) in [5.74, 6) is 0.721. The number of aliphatic imine (C=N–C) groups is 1. The summed E-state index contributed by atoms with van der Waals surface area (Å²) in [7, 11) is 0. The first-order valence-electron chi connectivity index (χ1n) is 10.5. The van der Waals surface area contributed by atoms with E-state index >= 15 is 0 Å². The predicted molar refractivity (Wildman–Crippen MR) is 125 cm³/mol. The number of carbonyl (C=O) groups excluding carboxylic acids is 1. The number of benzene rings is 2. The molecule has 32 heavy (non-hydrogen) atoms. The second-order valence-electron chi connectivity index (χ2n) is 7.84. The summed E-state index contributed by atoms with van der Waals surface area (Å²) in [5.41, 5.74) is 8.33. The second-order valence-corrected chi connectivity index (χ2v) is 7.84. The highest BCUT2D eigenvalue weighted by atomic mass is 16.6. The number of hydroxylamine groups is 1. The maximum absolute atomic E-state index is 12.8. The Morgan fingerprint density at radius 3 is 2.84 bits per heavy atom. The summed E-state index contributed by atoms with van der Waals surface area (Å²) >= 11 is 0. The smallest absolute Gasteiger partial charge is 0.255 e. The van der Waals surface area contributed by atoms with Gasteiger partial charge in [-0.05, 0) is 41.5 Å². The van der Waals surface area contributed by atoms with Crippen LogP contribution in [0.2, 0.25) is 0 Å². The highest BCUT2D eigenvalue weighted by molar-refractivity contribution is 6.09. The minimum Gasteiger partial charge on any atom is -0.352 e. The van der Waals surface area contributed by atoms with Crippen LogP contribution in [-0.2, 0) is 11.4 Å². The van der Waals surface area contributed by atoms with E-state index in [9.17, 15) is 4.79 Å². The minimum absolute atomic E-state index is 0.170. The number of carbonyl (C=O) groups is 1. The van der Waals surface area contributed by atoms with Crippen LogP contribution in [0.1, 0.15) is 40.0 Å². The molecule has 2 aromatic heterocycles. The summed E-state index contributed by atoms with van der Waals surface area (Å²) in [6, 6.07) is 19.2. The number of fused-ring (bicyclic) bond motifs is 3. The number of rotatable bonds is 5. The molecule has 2 aromatic carbocycles. The molecule has 1 atom stereocenters. The van der Waals surface area contributed by atoms with Crippen LogP contribution < -0.4 is 10.8 Å². The van der Waals surface area contributed by atoms with Crippen molar-refractivity contribution in [2.24, 2.45) is 4.99 Å². The van der Waals surface area contributed by atoms with Crippen LogP contribution in [0.25, 0.3) is 10.9 Å². The first-order valence-corrected chi connectivity index (χ1v) is 10.5. The van der Waals surface area contributed by atoms with Crippen molar-refractivity contribution in [2.45, 2.75) is 19.4 Å². The molecule has 7 heteroatoms. The van der Waals surface area contributed by atoms with E-state index in [4.69, 9.17) is 4.84 Å². The average molecular weight is 425 g/mol. The minimum atomic E-state index is -0.170. The van der Waals surface area contributed by atoms with E-state index in [0.717, 1.165) is 27.7 Å². The van der Waals surface area contributed by atoms with E-state index < -0.39 is 0 Å². The number of pyridine rings is 1. The molecule has 5 rings (SSSR count). The molecule has 7 nitrogen and oxygen atoms in total. The molecule has 1 aliphatic rings. The van der Waals surface area contributed by atoms with E-state index in [-0.39, 0.29) is 11.8 Å². The summed E-state index contributed by atoms with van der Waals surface area (Å²) in [5, 5.41) is 3.91. The monoisotopic (exact) mass is 425 g/mol. The number of nitrogens with zero attached hydrogens (tertiary/aromatic N) is 2. The predicted octanol–water partition coefficient (Wildman–Crippen LogP) is 4.40. The molecule has 1 aliphatic heterocycles. The van der Waals surface area contributed by atoms with Gasteiger partial charge in [-0.15, -0.1) is 0 Å². The van der Waals surface area contributed by atoms with Gasteiger partial charge in [-0.2, -0.15) is 0 Å². The fourth-order valence-corrected chi connectivity index (χ4v) is 3.94. The van der Waals surface area contributed by atoms with Gasteiger partial charge < -0.3 is 10.3 Å². The van der Waals surface area contributed by atoms with Crippen LogP contribution in [0, 0.1) is 0 Å². The van der Waals surface area contributed by atoms with Gasteiger partial charge in [0.25, 0.3) is 5.91 Å². The maximum atomic E-state index is 12.8. The molecule has 1 amide bonds. The third-order valence-electron chi connectivity index (χ3n) is 5.52. The molecule has 3 heterocycles. The van der Waals surface area contributed by atoms with Gasteiger partial charge in [0.05, 0.1) is 24.2 Å². The van der Waals surface area contributed by atoms with Crippen molar-refractivity contribution in [1.82, 2.24) is 15.4 Å². The number of anilines is 1. The zero-order chi connectivity index (χ0) is 21.9. The third kappa shape index (κ3) is 3.98. The van der Waals surface area contributed by atoms with Crippen LogP contribution in [0.5, 0.6) is 0 Å². The van der Waals surface area contributed by atoms with Crippen molar-refractivity contribution in [3.05, 3.63) is 95.4 Å². The van der Waals surface area contributed by atoms with Gasteiger partial charge in [0, 0.05) is 35.1 Å². The Kier molecular flexibility index (Phi) is 5.39. The zero-order valence-electron chi connectivity index (χ0n) is 17.6. The molecule has 0 aliphatic carbocycles. The Balaban J connectivity index is 1.39. The van der Waals surface area contributed by atoms with Crippen LogP contribution >= 0.6 is 0 Å². The van der Waals surface area contributed by atoms with Gasteiger partial charge in [0.15, 0.2) is 5.84 Å². The second kappa shape index (κ2) is 8.64. The third-order valence-corrected chi connectivity index (χ3v) is 5.52. The number of hydrogen-bond donors (Lipinski definition) is 3. The Bertz CT molecular complexity index is 1280. The lowest BCUT2D eigenvalue weighted by Crippen LogP contribution is -2.29. The van der Waals surface area contributed by atoms with Crippen molar-refractivity contribution in [3.8, 4) is 0 Å². The van der Waals surface area contributed by atoms with Crippen molar-refractivity contribution in [2.75, 3.05) is 11.9 Å². The summed E-state index contributed by atoms with van der Waals surface area (Å²) in [4.78, 5) is 30.6. The first kappa shape index (κ1) is 20.0. The van der Waals surface area contributed by atoms with E-state index in [1.54, 1.807) is 18.5 Å². The van der Waals surface area contributed by atoms with Crippen LogP contribution in [-0.4, -0.2) is 28.3 Å². The number of amidine groups is 1. The van der Waals surface area contributed by atoms with Crippen molar-refractivity contribution < 1.29 is 9.63 Å². The van der Waals surface area contributed by atoms with E-state index in [2.05, 4.69) is 32.7 Å². The zero-order valence-corrected chi connectivity index (χ0v) is 17.6. The van der Waals surface area contributed by atoms with Gasteiger partial charge in [-0.3, -0.25) is 19.6 Å². The average Bonchev–Trinajstić information content (AvgIpc) is 3.22. The first-order chi connectivity index (χ1) is 15.7. The van der Waals surface area contributed by atoms with Crippen molar-refractivity contribution in [1.29, 1.82) is 0 Å². The summed E-state index contributed by atoms with van der Waals surface area (Å²) in [6.07, 6.45) is 3.30. The molecule has 0 saturated carbocycles.